The quantitative estimate of drug-likeness (QED) is 0.518. The van der Waals surface area contributed by atoms with E-state index in [-0.39, 0.29) is 12.3 Å². The molecule has 0 bridgehead atoms. The lowest BCUT2D eigenvalue weighted by atomic mass is 10.0. The molecule has 0 saturated heterocycles. The Bertz CT molecular complexity index is 1030. The van der Waals surface area contributed by atoms with E-state index in [9.17, 15) is 9.59 Å². The summed E-state index contributed by atoms with van der Waals surface area (Å²) in [5.41, 5.74) is 3.46. The summed E-state index contributed by atoms with van der Waals surface area (Å²) in [6.45, 7) is 0. The molecule has 1 N–H and O–H groups in total. The molecule has 3 rings (SSSR count). The molecule has 30 heavy (non-hydrogen) atoms. The number of carbonyl (C=O) groups excluding carboxylic acids is 2. The predicted molar refractivity (Wildman–Crippen MR) is 118 cm³/mol. The molecule has 3 aromatic carbocycles. The molecule has 0 aliphatic rings. The second kappa shape index (κ2) is 9.94. The Morgan fingerprint density at radius 1 is 0.900 bits per heavy atom. The van der Waals surface area contributed by atoms with Gasteiger partial charge in [0.25, 0.3) is 0 Å². The number of nitrogens with one attached hydrogen (secondary N) is 1. The van der Waals surface area contributed by atoms with Crippen LogP contribution in [0.1, 0.15) is 22.3 Å². The van der Waals surface area contributed by atoms with Crippen LogP contribution in [-0.4, -0.2) is 26.1 Å². The Morgan fingerprint density at radius 2 is 1.57 bits per heavy atom. The highest BCUT2D eigenvalue weighted by Gasteiger charge is 2.16. The molecule has 0 unspecified atom stereocenters. The van der Waals surface area contributed by atoms with Crippen molar-refractivity contribution in [3.63, 3.8) is 0 Å². The van der Waals surface area contributed by atoms with Gasteiger partial charge in [-0.05, 0) is 59.5 Å². The van der Waals surface area contributed by atoms with Crippen LogP contribution >= 0.6 is 11.6 Å². The van der Waals surface area contributed by atoms with Gasteiger partial charge in [0.05, 0.1) is 25.5 Å². The normalized spacial score (nSPS) is 10.4. The van der Waals surface area contributed by atoms with Crippen molar-refractivity contribution in [1.29, 1.82) is 0 Å². The molecule has 0 aliphatic carbocycles. The zero-order valence-electron chi connectivity index (χ0n) is 16.8. The Hall–Kier alpha value is -3.31. The smallest absolute Gasteiger partial charge is 0.339 e. The van der Waals surface area contributed by atoms with Crippen LogP contribution in [0.3, 0.4) is 0 Å². The third kappa shape index (κ3) is 5.39. The number of esters is 1. The average Bonchev–Trinajstić information content (AvgIpc) is 2.78. The van der Waals surface area contributed by atoms with Gasteiger partial charge in [0.15, 0.2) is 0 Å². The molecule has 0 spiro atoms. The number of rotatable bonds is 7. The second-order valence-electron chi connectivity index (χ2n) is 6.66. The summed E-state index contributed by atoms with van der Waals surface area (Å²) >= 11 is 5.95. The number of benzene rings is 3. The Morgan fingerprint density at radius 3 is 2.20 bits per heavy atom. The molecular weight excluding hydrogens is 402 g/mol. The first-order valence-corrected chi connectivity index (χ1v) is 9.79. The summed E-state index contributed by atoms with van der Waals surface area (Å²) in [7, 11) is 2.92. The summed E-state index contributed by atoms with van der Waals surface area (Å²) in [5.74, 6) is 0.0678. The number of hydrogen-bond acceptors (Lipinski definition) is 4. The van der Waals surface area contributed by atoms with Crippen molar-refractivity contribution < 1.29 is 19.1 Å². The van der Waals surface area contributed by atoms with E-state index in [1.54, 1.807) is 31.4 Å². The van der Waals surface area contributed by atoms with Crippen molar-refractivity contribution >= 4 is 29.2 Å². The van der Waals surface area contributed by atoms with Gasteiger partial charge in [-0.3, -0.25) is 4.79 Å². The number of ether oxygens (including phenoxy) is 2. The molecule has 1 amide bonds. The van der Waals surface area contributed by atoms with Crippen molar-refractivity contribution in [2.75, 3.05) is 19.5 Å². The Kier molecular flexibility index (Phi) is 7.09. The average molecular weight is 424 g/mol. The van der Waals surface area contributed by atoms with Crippen LogP contribution in [0.15, 0.2) is 66.7 Å². The summed E-state index contributed by atoms with van der Waals surface area (Å²) in [6.07, 6.45) is 0.859. The van der Waals surface area contributed by atoms with Gasteiger partial charge in [0.1, 0.15) is 5.75 Å². The fourth-order valence-corrected chi connectivity index (χ4v) is 3.14. The fourth-order valence-electron chi connectivity index (χ4n) is 3.02. The van der Waals surface area contributed by atoms with Gasteiger partial charge < -0.3 is 14.8 Å². The highest BCUT2D eigenvalue weighted by atomic mass is 35.5. The van der Waals surface area contributed by atoms with E-state index in [2.05, 4.69) is 5.32 Å². The lowest BCUT2D eigenvalue weighted by Gasteiger charge is -2.12. The third-order valence-electron chi connectivity index (χ3n) is 4.68. The van der Waals surface area contributed by atoms with Gasteiger partial charge in [-0.1, -0.05) is 41.9 Å². The van der Waals surface area contributed by atoms with E-state index in [4.69, 9.17) is 21.1 Å². The predicted octanol–water partition coefficient (Wildman–Crippen LogP) is 5.37. The Labute approximate surface area is 180 Å². The first kappa shape index (κ1) is 21.4. The highest BCUT2D eigenvalue weighted by Crippen LogP contribution is 2.27. The van der Waals surface area contributed by atoms with E-state index in [0.717, 1.165) is 22.4 Å². The minimum atomic E-state index is -0.517. The van der Waals surface area contributed by atoms with Crippen LogP contribution in [0.5, 0.6) is 5.75 Å². The topological polar surface area (TPSA) is 64.6 Å². The van der Waals surface area contributed by atoms with Crippen molar-refractivity contribution in [1.82, 2.24) is 0 Å². The molecule has 0 heterocycles. The van der Waals surface area contributed by atoms with Crippen molar-refractivity contribution in [2.45, 2.75) is 12.8 Å². The third-order valence-corrected chi connectivity index (χ3v) is 4.93. The van der Waals surface area contributed by atoms with Gasteiger partial charge in [-0.2, -0.15) is 0 Å². The lowest BCUT2D eigenvalue weighted by molar-refractivity contribution is -0.116. The van der Waals surface area contributed by atoms with Gasteiger partial charge in [0, 0.05) is 11.4 Å². The second-order valence-corrected chi connectivity index (χ2v) is 7.09. The summed E-state index contributed by atoms with van der Waals surface area (Å²) < 4.78 is 10.0. The van der Waals surface area contributed by atoms with Gasteiger partial charge in [-0.25, -0.2) is 4.79 Å². The van der Waals surface area contributed by atoms with Crippen molar-refractivity contribution in [3.8, 4) is 16.9 Å². The highest BCUT2D eigenvalue weighted by molar-refractivity contribution is 6.30. The number of methoxy groups -OCH3 is 2. The van der Waals surface area contributed by atoms with Crippen LogP contribution < -0.4 is 10.1 Å². The van der Waals surface area contributed by atoms with Crippen LogP contribution in [0, 0.1) is 0 Å². The molecule has 154 valence electrons. The summed E-state index contributed by atoms with van der Waals surface area (Å²) in [5, 5.41) is 3.45. The maximum absolute atomic E-state index is 12.5. The summed E-state index contributed by atoms with van der Waals surface area (Å²) in [4.78, 5) is 24.7. The summed E-state index contributed by atoms with van der Waals surface area (Å²) in [6, 6.07) is 20.1. The SMILES string of the molecule is COC(=O)c1cc(-c2ccc(Cl)cc2)ccc1NC(=O)CCc1ccc(OC)cc1. The van der Waals surface area contributed by atoms with Crippen molar-refractivity contribution in [3.05, 3.63) is 82.9 Å². The molecule has 0 radical (unpaired) electrons. The standard InChI is InChI=1S/C24H22ClNO4/c1-29-20-11-3-16(4-12-20)5-14-23(27)26-22-13-8-18(15-21(22)24(28)30-2)17-6-9-19(25)10-7-17/h3-4,6-13,15H,5,14H2,1-2H3,(H,26,27). The van der Waals surface area contributed by atoms with Crippen LogP contribution in [0.25, 0.3) is 11.1 Å². The molecule has 3 aromatic rings. The first-order chi connectivity index (χ1) is 14.5. The number of anilines is 1. The monoisotopic (exact) mass is 423 g/mol. The fraction of sp³-hybridized carbons (Fsp3) is 0.167. The number of hydrogen-bond donors (Lipinski definition) is 1. The van der Waals surface area contributed by atoms with E-state index in [0.29, 0.717) is 22.7 Å². The molecule has 5 nitrogen and oxygen atoms in total. The Balaban J connectivity index is 1.74. The van der Waals surface area contributed by atoms with Gasteiger partial charge in [0.2, 0.25) is 5.91 Å². The van der Waals surface area contributed by atoms with Crippen LogP contribution in [0.4, 0.5) is 5.69 Å². The number of halogens is 1. The van der Waals surface area contributed by atoms with E-state index >= 15 is 0 Å². The van der Waals surface area contributed by atoms with Crippen LogP contribution in [0.2, 0.25) is 5.02 Å². The molecule has 6 heteroatoms. The van der Waals surface area contributed by atoms with Crippen LogP contribution in [-0.2, 0) is 16.0 Å². The zero-order chi connectivity index (χ0) is 21.5. The first-order valence-electron chi connectivity index (χ1n) is 9.41. The minimum absolute atomic E-state index is 0.185. The van der Waals surface area contributed by atoms with E-state index < -0.39 is 5.97 Å². The molecule has 0 fully saturated rings. The molecule has 0 atom stereocenters. The molecule has 0 saturated carbocycles. The minimum Gasteiger partial charge on any atom is -0.497 e. The number of aryl methyl sites for hydroxylation is 1. The number of carbonyl (C=O) groups is 2. The lowest BCUT2D eigenvalue weighted by Crippen LogP contribution is -2.16. The molecule has 0 aliphatic heterocycles. The van der Waals surface area contributed by atoms with Gasteiger partial charge in [-0.15, -0.1) is 0 Å². The largest absolute Gasteiger partial charge is 0.497 e. The molecule has 0 aromatic heterocycles. The molecular formula is C24H22ClNO4. The van der Waals surface area contributed by atoms with Crippen molar-refractivity contribution in [2.24, 2.45) is 0 Å². The number of amides is 1. The maximum Gasteiger partial charge on any atom is 0.339 e. The zero-order valence-corrected chi connectivity index (χ0v) is 17.5. The van der Waals surface area contributed by atoms with E-state index in [1.165, 1.54) is 7.11 Å². The maximum atomic E-state index is 12.5. The van der Waals surface area contributed by atoms with Gasteiger partial charge >= 0.3 is 5.97 Å². The van der Waals surface area contributed by atoms with E-state index in [1.807, 2.05) is 42.5 Å².